The molecule has 7 heteroatoms. The molecule has 2 N–H and O–H groups in total. The van der Waals surface area contributed by atoms with Gasteiger partial charge in [-0.15, -0.1) is 0 Å². The Morgan fingerprint density at radius 3 is 2.44 bits per heavy atom. The van der Waals surface area contributed by atoms with Crippen LogP contribution < -0.4 is 5.73 Å². The summed E-state index contributed by atoms with van der Waals surface area (Å²) in [6.07, 6.45) is -6.13. The molecule has 1 unspecified atom stereocenters. The molecule has 90 valence electrons. The summed E-state index contributed by atoms with van der Waals surface area (Å²) in [6.45, 7) is 0. The minimum atomic E-state index is -4.58. The molecule has 0 aromatic carbocycles. The molecule has 1 atom stereocenters. The Hall–Kier alpha value is -1.24. The lowest BCUT2D eigenvalue weighted by Crippen LogP contribution is -2.31. The molecule has 0 aliphatic rings. The molecule has 1 aromatic heterocycles. The number of halogens is 5. The van der Waals surface area contributed by atoms with E-state index in [0.29, 0.717) is 0 Å². The van der Waals surface area contributed by atoms with Crippen LogP contribution in [0.4, 0.5) is 22.0 Å². The Morgan fingerprint density at radius 1 is 1.31 bits per heavy atom. The number of nitrogens with two attached hydrogens (primary N) is 1. The van der Waals surface area contributed by atoms with Crippen LogP contribution >= 0.6 is 0 Å². The molecule has 0 amide bonds. The van der Waals surface area contributed by atoms with E-state index in [9.17, 15) is 22.0 Å². The lowest BCUT2D eigenvalue weighted by Gasteiger charge is -2.15. The van der Waals surface area contributed by atoms with Gasteiger partial charge in [0.15, 0.2) is 0 Å². The lowest BCUT2D eigenvalue weighted by atomic mass is 10.0. The third-order valence-electron chi connectivity index (χ3n) is 1.99. The quantitative estimate of drug-likeness (QED) is 0.823. The number of rotatable bonds is 3. The molecule has 0 aliphatic heterocycles. The molecule has 0 bridgehead atoms. The van der Waals surface area contributed by atoms with Gasteiger partial charge in [0, 0.05) is 12.4 Å². The SMILES string of the molecule is NC(Cc1cnccc1C(F)(F)F)C(F)F. The van der Waals surface area contributed by atoms with E-state index < -0.39 is 30.6 Å². The average Bonchev–Trinajstić information content (AvgIpc) is 2.16. The fourth-order valence-corrected chi connectivity index (χ4v) is 1.21. The number of pyridine rings is 1. The van der Waals surface area contributed by atoms with Gasteiger partial charge in [-0.3, -0.25) is 4.98 Å². The summed E-state index contributed by atoms with van der Waals surface area (Å²) in [5.74, 6) is 0. The first kappa shape index (κ1) is 12.8. The van der Waals surface area contributed by atoms with Crippen molar-refractivity contribution >= 4 is 0 Å². The summed E-state index contributed by atoms with van der Waals surface area (Å²) in [4.78, 5) is 3.47. The van der Waals surface area contributed by atoms with Gasteiger partial charge in [-0.25, -0.2) is 8.78 Å². The van der Waals surface area contributed by atoms with Crippen LogP contribution in [0.25, 0.3) is 0 Å². The lowest BCUT2D eigenvalue weighted by molar-refractivity contribution is -0.138. The molecule has 1 rings (SSSR count). The van der Waals surface area contributed by atoms with Gasteiger partial charge in [-0.1, -0.05) is 0 Å². The van der Waals surface area contributed by atoms with Gasteiger partial charge in [0.2, 0.25) is 0 Å². The summed E-state index contributed by atoms with van der Waals surface area (Å²) >= 11 is 0. The monoisotopic (exact) mass is 240 g/mol. The van der Waals surface area contributed by atoms with Gasteiger partial charge < -0.3 is 5.73 Å². The number of hydrogen-bond donors (Lipinski definition) is 1. The largest absolute Gasteiger partial charge is 0.416 e. The van der Waals surface area contributed by atoms with Crippen molar-refractivity contribution in [2.24, 2.45) is 5.73 Å². The van der Waals surface area contributed by atoms with Gasteiger partial charge in [0.25, 0.3) is 6.43 Å². The fraction of sp³-hybridized carbons (Fsp3) is 0.444. The number of nitrogens with zero attached hydrogens (tertiary/aromatic N) is 1. The Labute approximate surface area is 88.3 Å². The maximum absolute atomic E-state index is 12.4. The van der Waals surface area contributed by atoms with Crippen LogP contribution in [0.2, 0.25) is 0 Å². The topological polar surface area (TPSA) is 38.9 Å². The molecule has 0 saturated heterocycles. The molecule has 0 saturated carbocycles. The number of alkyl halides is 5. The third-order valence-corrected chi connectivity index (χ3v) is 1.99. The zero-order chi connectivity index (χ0) is 12.3. The molecule has 2 nitrogen and oxygen atoms in total. The van der Waals surface area contributed by atoms with Crippen molar-refractivity contribution in [3.63, 3.8) is 0 Å². The minimum absolute atomic E-state index is 0.317. The summed E-state index contributed by atoms with van der Waals surface area (Å²) in [5, 5.41) is 0. The second-order valence-electron chi connectivity index (χ2n) is 3.23. The number of aromatic nitrogens is 1. The summed E-state index contributed by atoms with van der Waals surface area (Å²) in [7, 11) is 0. The molecular formula is C9H9F5N2. The average molecular weight is 240 g/mol. The van der Waals surface area contributed by atoms with Gasteiger partial charge in [0.1, 0.15) is 0 Å². The van der Waals surface area contributed by atoms with Gasteiger partial charge in [-0.05, 0) is 18.1 Å². The maximum Gasteiger partial charge on any atom is 0.416 e. The molecular weight excluding hydrogens is 231 g/mol. The van der Waals surface area contributed by atoms with Crippen molar-refractivity contribution < 1.29 is 22.0 Å². The van der Waals surface area contributed by atoms with Crippen molar-refractivity contribution in [3.8, 4) is 0 Å². The minimum Gasteiger partial charge on any atom is -0.323 e. The van der Waals surface area contributed by atoms with E-state index in [1.54, 1.807) is 0 Å². The zero-order valence-corrected chi connectivity index (χ0v) is 8.01. The highest BCUT2D eigenvalue weighted by Gasteiger charge is 2.34. The maximum atomic E-state index is 12.4. The van der Waals surface area contributed by atoms with E-state index in [-0.39, 0.29) is 5.56 Å². The van der Waals surface area contributed by atoms with Crippen molar-refractivity contribution in [3.05, 3.63) is 29.6 Å². The normalized spacial score (nSPS) is 14.2. The summed E-state index contributed by atoms with van der Waals surface area (Å²) < 4.78 is 61.6. The molecule has 16 heavy (non-hydrogen) atoms. The van der Waals surface area contributed by atoms with Gasteiger partial charge in [-0.2, -0.15) is 13.2 Å². The van der Waals surface area contributed by atoms with Crippen molar-refractivity contribution in [2.75, 3.05) is 0 Å². The van der Waals surface area contributed by atoms with Crippen molar-refractivity contribution in [1.82, 2.24) is 4.98 Å². The predicted octanol–water partition coefficient (Wildman–Crippen LogP) is 2.24. The first-order valence-corrected chi connectivity index (χ1v) is 4.36. The van der Waals surface area contributed by atoms with E-state index >= 15 is 0 Å². The van der Waals surface area contributed by atoms with Crippen LogP contribution in [0.3, 0.4) is 0 Å². The van der Waals surface area contributed by atoms with Gasteiger partial charge in [0.05, 0.1) is 11.6 Å². The van der Waals surface area contributed by atoms with E-state index in [4.69, 9.17) is 5.73 Å². The number of hydrogen-bond acceptors (Lipinski definition) is 2. The van der Waals surface area contributed by atoms with E-state index in [0.717, 1.165) is 18.5 Å². The molecule has 0 spiro atoms. The van der Waals surface area contributed by atoms with E-state index in [2.05, 4.69) is 4.98 Å². The Balaban J connectivity index is 2.96. The van der Waals surface area contributed by atoms with Crippen LogP contribution in [0, 0.1) is 0 Å². The fourth-order valence-electron chi connectivity index (χ4n) is 1.21. The molecule has 1 aromatic rings. The highest BCUT2D eigenvalue weighted by Crippen LogP contribution is 2.32. The smallest absolute Gasteiger partial charge is 0.323 e. The van der Waals surface area contributed by atoms with E-state index in [1.807, 2.05) is 0 Å². The summed E-state index contributed by atoms with van der Waals surface area (Å²) in [5.41, 5.74) is 3.73. The van der Waals surface area contributed by atoms with E-state index in [1.165, 1.54) is 0 Å². The standard InChI is InChI=1S/C9H9F5N2/c10-8(11)7(15)3-5-4-16-2-1-6(5)9(12,13)14/h1-2,4,7-8H,3,15H2. The Bertz CT molecular complexity index is 350. The first-order chi connectivity index (χ1) is 7.32. The van der Waals surface area contributed by atoms with Crippen LogP contribution in [0.5, 0.6) is 0 Å². The van der Waals surface area contributed by atoms with Crippen LogP contribution in [0.15, 0.2) is 18.5 Å². The summed E-state index contributed by atoms with van der Waals surface area (Å²) in [6, 6.07) is -0.877. The molecule has 0 fully saturated rings. The highest BCUT2D eigenvalue weighted by atomic mass is 19.4. The van der Waals surface area contributed by atoms with Crippen LogP contribution in [0.1, 0.15) is 11.1 Å². The highest BCUT2D eigenvalue weighted by molar-refractivity contribution is 5.27. The van der Waals surface area contributed by atoms with Crippen LogP contribution in [-0.4, -0.2) is 17.5 Å². The molecule has 0 aliphatic carbocycles. The zero-order valence-electron chi connectivity index (χ0n) is 8.01. The molecule has 1 heterocycles. The second-order valence-corrected chi connectivity index (χ2v) is 3.23. The van der Waals surface area contributed by atoms with Crippen molar-refractivity contribution in [1.29, 1.82) is 0 Å². The second kappa shape index (κ2) is 4.73. The van der Waals surface area contributed by atoms with Crippen molar-refractivity contribution in [2.45, 2.75) is 25.1 Å². The van der Waals surface area contributed by atoms with Crippen LogP contribution in [-0.2, 0) is 12.6 Å². The molecule has 0 radical (unpaired) electrons. The Kier molecular flexibility index (Phi) is 3.79. The third kappa shape index (κ3) is 3.13. The Morgan fingerprint density at radius 2 is 1.94 bits per heavy atom. The predicted molar refractivity (Wildman–Crippen MR) is 46.9 cm³/mol. The van der Waals surface area contributed by atoms with Gasteiger partial charge >= 0.3 is 6.18 Å². The first-order valence-electron chi connectivity index (χ1n) is 4.36.